The molecule has 0 aromatic rings. The van der Waals surface area contributed by atoms with E-state index in [1.54, 1.807) is 20.8 Å². The van der Waals surface area contributed by atoms with E-state index < -0.39 is 58.9 Å². The van der Waals surface area contributed by atoms with E-state index in [0.29, 0.717) is 141 Å². The Hall–Kier alpha value is -8.30. The number of oxime groups is 2. The number of allylic oxidation sites excluding steroid dienone is 1. The van der Waals surface area contributed by atoms with Crippen molar-refractivity contribution in [3.63, 3.8) is 0 Å². The Morgan fingerprint density at radius 3 is 1.00 bits per heavy atom. The SMILES string of the molecule is C.C=C=C.C=C=CCC.CC.CC(=O)CN[C@@H](CCCCNC(=O)COCCOCCOCC(=O)NCCCOCCOCCOCCCNC(=O)COCCOCCOCC(=O)NCCCC[C@H](NC(=O)CCCC(=O)NC(CNC(C)(C)/C(C)=N/O)CNC(C)(C)/C(C)=N/O)C(=O)NCCCC[C@H](NCC(C)=O)C(N)=O)C(N)=O.CCCCC(C)=O. The largest absolute Gasteiger partial charge is 0.411 e. The number of Topliss-reactive ketones (excluding diaryl/α,β-unsaturated/α-hetero) is 3. The third kappa shape index (κ3) is 87.0. The molecule has 714 valence electrons. The zero-order chi connectivity index (χ0) is 92.9. The van der Waals surface area contributed by atoms with E-state index in [4.69, 9.17) is 54.1 Å². The van der Waals surface area contributed by atoms with Crippen LogP contribution >= 0.6 is 0 Å². The van der Waals surface area contributed by atoms with Crippen LogP contribution in [-0.2, 0) is 100 Å². The van der Waals surface area contributed by atoms with Gasteiger partial charge in [0.05, 0.1) is 133 Å². The van der Waals surface area contributed by atoms with Crippen LogP contribution < -0.4 is 70.0 Å². The topological polar surface area (TPSA) is 537 Å². The van der Waals surface area contributed by atoms with Gasteiger partial charge in [-0.1, -0.05) is 71.6 Å². The van der Waals surface area contributed by atoms with Crippen LogP contribution in [0.1, 0.15) is 213 Å². The van der Waals surface area contributed by atoms with E-state index in [0.717, 1.165) is 25.7 Å². The maximum atomic E-state index is 13.5. The monoisotopic (exact) mass is 1760 g/mol. The molecule has 38 nitrogen and oxygen atoms in total. The fourth-order valence-electron chi connectivity index (χ4n) is 9.57. The lowest BCUT2D eigenvalue weighted by atomic mass is 9.98. The summed E-state index contributed by atoms with van der Waals surface area (Å²) < 4.78 is 48.9. The highest BCUT2D eigenvalue weighted by molar-refractivity contribution is 5.91. The van der Waals surface area contributed by atoms with Gasteiger partial charge in [-0.15, -0.1) is 11.5 Å². The summed E-state index contributed by atoms with van der Waals surface area (Å²) in [5.41, 5.74) is 15.2. The molecule has 0 spiro atoms. The van der Waals surface area contributed by atoms with Crippen LogP contribution in [0.3, 0.4) is 0 Å². The standard InChI is InChI=1S/C68H127N15O22.C6H12O.C5H8.C3H4.C2H6.CH4/c1-50(84)42-76-55(64(69)92)18-9-12-23-71-60(88)46-102-38-34-100-36-40-104-48-62(90)73-26-16-28-97-30-32-99-33-31-98-29-17-27-74-63(91)49-105-41-37-101-35-39-103-47-61(89)72-24-13-11-20-57(66(94)75-25-14-10-19-56(65(70)93)77-43-51(2)85)81-59(87)22-15-21-58(86)80-54(44-78-67(5,6)52(3)82-95)45-79-68(7,8)53(4)83-96;1-3-4-5-6(2)7;1-3-5-4-2;1-3-2;1-2;/h54-57,76-79,95-96H,9-49H2,1-8H3,(H2,69,92)(H2,70,93)(H,71,88)(H,72,89)(H,73,90)(H,74,91)(H,75,94)(H,80,86)(H,81,87);3-5H2,1-2H3;5H,1,4H2,2H3;1-2H2;1-2H3;1H4/b82-52+,83-53+;;;;;/t55-,56-,57-;;;;;/m0...../s1. The molecular weight excluding hydrogens is 1600 g/mol. The highest BCUT2D eigenvalue weighted by atomic mass is 16.6. The summed E-state index contributed by atoms with van der Waals surface area (Å²) in [5.74, 6) is -3.44. The molecule has 123 heavy (non-hydrogen) atoms. The number of hydrogen-bond donors (Lipinski definition) is 15. The molecule has 3 atom stereocenters. The van der Waals surface area contributed by atoms with Crippen molar-refractivity contribution in [2.24, 2.45) is 21.8 Å². The second-order valence-corrected chi connectivity index (χ2v) is 28.7. The van der Waals surface area contributed by atoms with Crippen LogP contribution in [0.2, 0.25) is 0 Å². The molecule has 17 N–H and O–H groups in total. The van der Waals surface area contributed by atoms with E-state index in [-0.39, 0.29) is 193 Å². The molecule has 0 rings (SSSR count). The van der Waals surface area contributed by atoms with Gasteiger partial charge in [-0.05, 0) is 158 Å². The Bertz CT molecular complexity index is 2920. The molecule has 0 fully saturated rings. The van der Waals surface area contributed by atoms with E-state index in [1.807, 2.05) is 47.6 Å². The van der Waals surface area contributed by atoms with Crippen molar-refractivity contribution >= 4 is 81.9 Å². The van der Waals surface area contributed by atoms with Crippen LogP contribution in [0.4, 0.5) is 0 Å². The van der Waals surface area contributed by atoms with Gasteiger partial charge < -0.3 is 117 Å². The van der Waals surface area contributed by atoms with Crippen LogP contribution in [0, 0.1) is 0 Å². The minimum atomic E-state index is -0.932. The summed E-state index contributed by atoms with van der Waals surface area (Å²) in [7, 11) is 0. The third-order valence-electron chi connectivity index (χ3n) is 17.1. The second-order valence-electron chi connectivity index (χ2n) is 28.7. The third-order valence-corrected chi connectivity index (χ3v) is 17.1. The number of primary amides is 2. The van der Waals surface area contributed by atoms with E-state index in [9.17, 15) is 67.9 Å². The summed E-state index contributed by atoms with van der Waals surface area (Å²) in [5, 5.41) is 57.2. The summed E-state index contributed by atoms with van der Waals surface area (Å²) in [6.45, 7) is 38.5. The van der Waals surface area contributed by atoms with E-state index in [2.05, 4.69) is 114 Å². The fraction of sp³-hybridized carbons (Fsp3) is 0.765. The normalized spacial score (nSPS) is 11.8. The number of carbonyl (C=O) groups excluding carboxylic acids is 12. The number of rotatable bonds is 76. The Morgan fingerprint density at radius 1 is 0.407 bits per heavy atom. The Balaban J connectivity index is -0.00000172. The van der Waals surface area contributed by atoms with Crippen molar-refractivity contribution in [1.29, 1.82) is 0 Å². The second kappa shape index (κ2) is 88.6. The van der Waals surface area contributed by atoms with Crippen LogP contribution in [0.5, 0.6) is 0 Å². The Labute approximate surface area is 733 Å². The maximum absolute atomic E-state index is 13.5. The molecule has 0 aliphatic rings. The molecule has 38 heteroatoms. The maximum Gasteiger partial charge on any atom is 0.246 e. The van der Waals surface area contributed by atoms with Gasteiger partial charge in [-0.25, -0.2) is 0 Å². The first-order valence-corrected chi connectivity index (χ1v) is 42.4. The molecule has 0 saturated heterocycles. The lowest BCUT2D eigenvalue weighted by molar-refractivity contribution is -0.129. The number of nitrogens with one attached hydrogen (secondary N) is 11. The number of carbonyl (C=O) groups is 12. The van der Waals surface area contributed by atoms with Crippen molar-refractivity contribution in [2.45, 2.75) is 248 Å². The quantitative estimate of drug-likeness (QED) is 0.0135. The molecule has 0 aromatic heterocycles. The zero-order valence-corrected chi connectivity index (χ0v) is 75.8. The summed E-state index contributed by atoms with van der Waals surface area (Å²) in [6, 6.07) is -2.71. The number of ether oxygens (including phenoxy) is 9. The van der Waals surface area contributed by atoms with Crippen molar-refractivity contribution < 1.29 is 111 Å². The highest BCUT2D eigenvalue weighted by Gasteiger charge is 2.28. The minimum absolute atomic E-state index is 0. The molecule has 9 amide bonds. The summed E-state index contributed by atoms with van der Waals surface area (Å²) >= 11 is 0. The molecule has 0 unspecified atom stereocenters. The van der Waals surface area contributed by atoms with Crippen LogP contribution in [0.15, 0.2) is 47.6 Å². The average Bonchev–Trinajstić information content (AvgIpc) is 0.867. The van der Waals surface area contributed by atoms with Crippen LogP contribution in [-0.4, -0.2) is 305 Å². The number of unbranched alkanes of at least 4 members (excludes halogenated alkanes) is 4. The van der Waals surface area contributed by atoms with E-state index in [1.165, 1.54) is 13.8 Å². The van der Waals surface area contributed by atoms with Crippen molar-refractivity contribution in [2.75, 3.05) is 178 Å². The lowest BCUT2D eigenvalue weighted by Crippen LogP contribution is -2.57. The number of nitrogens with two attached hydrogens (primary N) is 2. The molecule has 0 radical (unpaired) electrons. The van der Waals surface area contributed by atoms with Crippen molar-refractivity contribution in [3.05, 3.63) is 37.3 Å². The van der Waals surface area contributed by atoms with Gasteiger partial charge in [0, 0.05) is 78.3 Å². The van der Waals surface area contributed by atoms with Gasteiger partial charge in [0.2, 0.25) is 53.2 Å². The first-order valence-electron chi connectivity index (χ1n) is 42.4. The van der Waals surface area contributed by atoms with Gasteiger partial charge in [0.15, 0.2) is 0 Å². The average molecular weight is 1760 g/mol. The number of ketones is 3. The molecule has 0 aromatic carbocycles. The number of hydrogen-bond acceptors (Lipinski definition) is 29. The molecule has 0 saturated carbocycles. The summed E-state index contributed by atoms with van der Waals surface area (Å²) in [6.07, 6.45) is 11.4. The molecule has 0 aliphatic heterocycles. The zero-order valence-electron chi connectivity index (χ0n) is 75.8. The molecule has 0 aliphatic carbocycles. The first-order chi connectivity index (χ1) is 58.2. The van der Waals surface area contributed by atoms with Gasteiger partial charge in [0.1, 0.15) is 49.8 Å². The molecular formula is C85H161N15O23. The number of amides is 9. The lowest BCUT2D eigenvalue weighted by Gasteiger charge is -2.32. The smallest absolute Gasteiger partial charge is 0.246 e. The summed E-state index contributed by atoms with van der Waals surface area (Å²) in [4.78, 5) is 145. The van der Waals surface area contributed by atoms with E-state index >= 15 is 0 Å². The van der Waals surface area contributed by atoms with Gasteiger partial charge in [-0.2, -0.15) is 0 Å². The predicted molar refractivity (Wildman–Crippen MR) is 475 cm³/mol. The van der Waals surface area contributed by atoms with Gasteiger partial charge >= 0.3 is 0 Å². The van der Waals surface area contributed by atoms with Crippen molar-refractivity contribution in [3.8, 4) is 0 Å². The Morgan fingerprint density at radius 2 is 0.715 bits per heavy atom. The molecule has 0 bridgehead atoms. The highest BCUT2D eigenvalue weighted by Crippen LogP contribution is 2.10. The van der Waals surface area contributed by atoms with Gasteiger partial charge in [-0.3, -0.25) is 63.4 Å². The number of nitrogens with zero attached hydrogens (tertiary/aromatic N) is 2. The molecule has 0 heterocycles. The minimum Gasteiger partial charge on any atom is -0.411 e. The predicted octanol–water partition coefficient (Wildman–Crippen LogP) is 3.77. The van der Waals surface area contributed by atoms with Crippen molar-refractivity contribution in [1.82, 2.24) is 58.5 Å². The van der Waals surface area contributed by atoms with Crippen LogP contribution in [0.25, 0.3) is 0 Å². The fourth-order valence-corrected chi connectivity index (χ4v) is 9.57. The Kier molecular flexibility index (Phi) is 90.4. The van der Waals surface area contributed by atoms with Gasteiger partial charge in [0.25, 0.3) is 0 Å². The first kappa shape index (κ1) is 125.